The molecule has 2 aromatic rings. The Labute approximate surface area is 118 Å². The summed E-state index contributed by atoms with van der Waals surface area (Å²) >= 11 is 0. The third kappa shape index (κ3) is 3.04. The molecule has 2 aromatic heterocycles. The first kappa shape index (κ1) is 14.2. The lowest BCUT2D eigenvalue weighted by atomic mass is 10.2. The summed E-state index contributed by atoms with van der Waals surface area (Å²) in [4.78, 5) is 8.99. The van der Waals surface area contributed by atoms with Crippen LogP contribution in [0.15, 0.2) is 6.33 Å². The van der Waals surface area contributed by atoms with Crippen molar-refractivity contribution in [2.45, 2.75) is 26.7 Å². The number of nitrogens with zero attached hydrogens (tertiary/aromatic N) is 5. The van der Waals surface area contributed by atoms with Gasteiger partial charge in [-0.25, -0.2) is 9.97 Å². The van der Waals surface area contributed by atoms with E-state index in [1.807, 2.05) is 32.5 Å². The van der Waals surface area contributed by atoms with E-state index in [9.17, 15) is 0 Å². The molecule has 2 rings (SSSR count). The normalized spacial score (nSPS) is 10.6. The number of rotatable bonds is 6. The number of anilines is 2. The lowest BCUT2D eigenvalue weighted by Crippen LogP contribution is -2.13. The summed E-state index contributed by atoms with van der Waals surface area (Å²) in [5, 5.41) is 14.4. The van der Waals surface area contributed by atoms with E-state index < -0.39 is 0 Å². The molecular formula is C13H21N7. The van der Waals surface area contributed by atoms with Crippen LogP contribution in [0.25, 0.3) is 0 Å². The van der Waals surface area contributed by atoms with Gasteiger partial charge in [-0.3, -0.25) is 0 Å². The van der Waals surface area contributed by atoms with E-state index in [0.29, 0.717) is 0 Å². The van der Waals surface area contributed by atoms with Gasteiger partial charge >= 0.3 is 0 Å². The van der Waals surface area contributed by atoms with E-state index in [0.717, 1.165) is 48.2 Å². The van der Waals surface area contributed by atoms with Crippen molar-refractivity contribution in [2.75, 3.05) is 24.2 Å². The average Bonchev–Trinajstić information content (AvgIpc) is 2.86. The Bertz CT molecular complexity index is 576. The largest absolute Gasteiger partial charge is 0.373 e. The molecule has 0 aliphatic rings. The van der Waals surface area contributed by atoms with Gasteiger partial charge < -0.3 is 15.2 Å². The summed E-state index contributed by atoms with van der Waals surface area (Å²) in [6.45, 7) is 4.82. The van der Waals surface area contributed by atoms with Crippen molar-refractivity contribution in [3.63, 3.8) is 0 Å². The van der Waals surface area contributed by atoms with Crippen molar-refractivity contribution < 1.29 is 0 Å². The highest BCUT2D eigenvalue weighted by molar-refractivity contribution is 5.56. The first-order valence-electron chi connectivity index (χ1n) is 6.77. The third-order valence-electron chi connectivity index (χ3n) is 3.19. The van der Waals surface area contributed by atoms with Gasteiger partial charge in [0.05, 0.1) is 0 Å². The zero-order valence-corrected chi connectivity index (χ0v) is 12.4. The molecule has 0 radical (unpaired) electrons. The molecule has 0 saturated carbocycles. The maximum atomic E-state index is 4.54. The van der Waals surface area contributed by atoms with Gasteiger partial charge in [-0.05, 0) is 6.92 Å². The lowest BCUT2D eigenvalue weighted by Gasteiger charge is -2.13. The fourth-order valence-electron chi connectivity index (χ4n) is 1.96. The summed E-state index contributed by atoms with van der Waals surface area (Å²) in [5.41, 5.74) is 1.03. The molecule has 0 spiro atoms. The zero-order chi connectivity index (χ0) is 14.5. The van der Waals surface area contributed by atoms with Crippen molar-refractivity contribution in [1.82, 2.24) is 24.7 Å². The molecule has 2 N–H and O–H groups in total. The van der Waals surface area contributed by atoms with Crippen LogP contribution in [0.5, 0.6) is 0 Å². The van der Waals surface area contributed by atoms with Crippen LogP contribution < -0.4 is 10.6 Å². The maximum absolute atomic E-state index is 4.54. The highest BCUT2D eigenvalue weighted by Gasteiger charge is 2.09. The molecule has 0 unspecified atom stereocenters. The minimum absolute atomic E-state index is 0.761. The number of nitrogens with one attached hydrogen (secondary N) is 2. The molecule has 0 amide bonds. The van der Waals surface area contributed by atoms with Gasteiger partial charge in [-0.2, -0.15) is 0 Å². The van der Waals surface area contributed by atoms with Gasteiger partial charge in [-0.1, -0.05) is 6.92 Å². The standard InChI is InChI=1S/C13H21N7/c1-5-10-17-12(14-3)9(2)13(18-10)15-7-6-11-19-16-8-20(11)4/h8H,5-7H2,1-4H3,(H2,14,15,17,18). The van der Waals surface area contributed by atoms with Gasteiger partial charge in [0.1, 0.15) is 29.6 Å². The average molecular weight is 275 g/mol. The molecule has 2 heterocycles. The molecule has 7 heteroatoms. The highest BCUT2D eigenvalue weighted by atomic mass is 15.2. The molecule has 0 aliphatic heterocycles. The molecule has 20 heavy (non-hydrogen) atoms. The second-order valence-corrected chi connectivity index (χ2v) is 4.60. The summed E-state index contributed by atoms with van der Waals surface area (Å²) in [7, 11) is 3.82. The number of hydrogen-bond donors (Lipinski definition) is 2. The van der Waals surface area contributed by atoms with Crippen molar-refractivity contribution in [3.05, 3.63) is 23.5 Å². The monoisotopic (exact) mass is 275 g/mol. The predicted octanol–water partition coefficient (Wildman–Crippen LogP) is 1.17. The highest BCUT2D eigenvalue weighted by Crippen LogP contribution is 2.19. The third-order valence-corrected chi connectivity index (χ3v) is 3.19. The summed E-state index contributed by atoms with van der Waals surface area (Å²) < 4.78 is 1.92. The summed E-state index contributed by atoms with van der Waals surface area (Å²) in [6.07, 6.45) is 3.32. The van der Waals surface area contributed by atoms with Crippen LogP contribution in [0.3, 0.4) is 0 Å². The van der Waals surface area contributed by atoms with Gasteiger partial charge in [-0.15, -0.1) is 10.2 Å². The first-order valence-corrected chi connectivity index (χ1v) is 6.77. The van der Waals surface area contributed by atoms with Gasteiger partial charge in [0.15, 0.2) is 0 Å². The molecule has 0 saturated heterocycles. The van der Waals surface area contributed by atoms with Crippen LogP contribution in [0.1, 0.15) is 24.1 Å². The Balaban J connectivity index is 2.07. The van der Waals surface area contributed by atoms with Crippen molar-refractivity contribution in [1.29, 1.82) is 0 Å². The van der Waals surface area contributed by atoms with Crippen LogP contribution in [-0.2, 0) is 19.9 Å². The Morgan fingerprint density at radius 2 is 2.00 bits per heavy atom. The zero-order valence-electron chi connectivity index (χ0n) is 12.4. The Morgan fingerprint density at radius 1 is 1.25 bits per heavy atom. The molecule has 7 nitrogen and oxygen atoms in total. The number of aryl methyl sites for hydroxylation is 2. The first-order chi connectivity index (χ1) is 9.65. The van der Waals surface area contributed by atoms with Crippen LogP contribution in [0.2, 0.25) is 0 Å². The predicted molar refractivity (Wildman–Crippen MR) is 78.9 cm³/mol. The van der Waals surface area contributed by atoms with Crippen LogP contribution in [0, 0.1) is 6.92 Å². The van der Waals surface area contributed by atoms with E-state index in [4.69, 9.17) is 0 Å². The van der Waals surface area contributed by atoms with E-state index in [2.05, 4.69) is 30.8 Å². The molecular weight excluding hydrogens is 254 g/mol. The fourth-order valence-corrected chi connectivity index (χ4v) is 1.96. The second kappa shape index (κ2) is 6.31. The minimum atomic E-state index is 0.761. The van der Waals surface area contributed by atoms with Gasteiger partial charge in [0.25, 0.3) is 0 Å². The smallest absolute Gasteiger partial charge is 0.134 e. The van der Waals surface area contributed by atoms with E-state index in [1.54, 1.807) is 6.33 Å². The van der Waals surface area contributed by atoms with Crippen molar-refractivity contribution in [2.24, 2.45) is 7.05 Å². The van der Waals surface area contributed by atoms with E-state index in [1.165, 1.54) is 0 Å². The van der Waals surface area contributed by atoms with Crippen LogP contribution in [-0.4, -0.2) is 38.3 Å². The topological polar surface area (TPSA) is 80.5 Å². The quantitative estimate of drug-likeness (QED) is 0.824. The SMILES string of the molecule is CCc1nc(NC)c(C)c(NCCc2nncn2C)n1. The lowest BCUT2D eigenvalue weighted by molar-refractivity contribution is 0.785. The van der Waals surface area contributed by atoms with Gasteiger partial charge in [0.2, 0.25) is 0 Å². The van der Waals surface area contributed by atoms with Crippen LogP contribution >= 0.6 is 0 Å². The molecule has 0 aliphatic carbocycles. The van der Waals surface area contributed by atoms with Crippen molar-refractivity contribution in [3.8, 4) is 0 Å². The summed E-state index contributed by atoms with van der Waals surface area (Å²) in [5.74, 6) is 3.54. The molecule has 0 aromatic carbocycles. The molecule has 0 atom stereocenters. The second-order valence-electron chi connectivity index (χ2n) is 4.60. The van der Waals surface area contributed by atoms with E-state index in [-0.39, 0.29) is 0 Å². The van der Waals surface area contributed by atoms with Crippen molar-refractivity contribution >= 4 is 11.6 Å². The Kier molecular flexibility index (Phi) is 4.49. The maximum Gasteiger partial charge on any atom is 0.134 e. The number of aromatic nitrogens is 5. The number of hydrogen-bond acceptors (Lipinski definition) is 6. The van der Waals surface area contributed by atoms with E-state index >= 15 is 0 Å². The van der Waals surface area contributed by atoms with Gasteiger partial charge in [0, 0.05) is 39.0 Å². The minimum Gasteiger partial charge on any atom is -0.373 e. The molecule has 0 bridgehead atoms. The summed E-state index contributed by atoms with van der Waals surface area (Å²) in [6, 6.07) is 0. The Morgan fingerprint density at radius 3 is 2.60 bits per heavy atom. The molecule has 0 fully saturated rings. The van der Waals surface area contributed by atoms with Crippen LogP contribution in [0.4, 0.5) is 11.6 Å². The molecule has 108 valence electrons. The fraction of sp³-hybridized carbons (Fsp3) is 0.538. The Hall–Kier alpha value is -2.18.